The summed E-state index contributed by atoms with van der Waals surface area (Å²) in [5.41, 5.74) is -0.234. The van der Waals surface area contributed by atoms with E-state index in [4.69, 9.17) is 4.74 Å². The third-order valence-corrected chi connectivity index (χ3v) is 7.33. The molecule has 2 nitrogen and oxygen atoms in total. The normalized spacial score (nSPS) is 29.6. The highest BCUT2D eigenvalue weighted by atomic mass is 28.4. The van der Waals surface area contributed by atoms with Gasteiger partial charge in [0.2, 0.25) is 0 Å². The molecule has 0 spiro atoms. The topological polar surface area (TPSA) is 26.3 Å². The van der Waals surface area contributed by atoms with Crippen LogP contribution in [0, 0.1) is 11.3 Å². The van der Waals surface area contributed by atoms with Crippen molar-refractivity contribution in [1.82, 2.24) is 0 Å². The summed E-state index contributed by atoms with van der Waals surface area (Å²) in [5, 5.41) is -0.880. The van der Waals surface area contributed by atoms with Crippen molar-refractivity contribution in [3.8, 4) is 0 Å². The van der Waals surface area contributed by atoms with Crippen LogP contribution in [0.1, 0.15) is 40.5 Å². The van der Waals surface area contributed by atoms with Gasteiger partial charge in [0.25, 0.3) is 6.47 Å². The first kappa shape index (κ1) is 14.6. The lowest BCUT2D eigenvalue weighted by Crippen LogP contribution is -2.47. The standard InChI is InChI=1S/C12H22F2O2Si/c1-11(2,3)17(13,14)7-10-5-6-12(10,4)8-16-9-15/h9-10H,5-8H2,1-4H3/t10-,12-/m0/s1. The lowest BCUT2D eigenvalue weighted by Gasteiger charge is -2.48. The molecule has 0 aromatic carbocycles. The van der Waals surface area contributed by atoms with Crippen molar-refractivity contribution in [2.75, 3.05) is 6.61 Å². The first-order valence-corrected chi connectivity index (χ1v) is 8.02. The average Bonchev–Trinajstić information content (AvgIpc) is 2.19. The maximum absolute atomic E-state index is 14.1. The molecule has 1 aliphatic rings. The molecule has 0 N–H and O–H groups in total. The molecule has 0 saturated heterocycles. The van der Waals surface area contributed by atoms with Crippen LogP contribution < -0.4 is 0 Å². The highest BCUT2D eigenvalue weighted by molar-refractivity contribution is 6.69. The average molecular weight is 264 g/mol. The van der Waals surface area contributed by atoms with E-state index in [9.17, 15) is 13.0 Å². The summed E-state index contributed by atoms with van der Waals surface area (Å²) >= 11 is 0. The molecule has 0 heterocycles. The van der Waals surface area contributed by atoms with Crippen molar-refractivity contribution in [1.29, 1.82) is 0 Å². The van der Waals surface area contributed by atoms with E-state index < -0.39 is 13.8 Å². The maximum atomic E-state index is 14.1. The molecule has 1 fully saturated rings. The molecular weight excluding hydrogens is 242 g/mol. The molecule has 1 rings (SSSR count). The summed E-state index contributed by atoms with van der Waals surface area (Å²) in [6, 6.07) is 0.0230. The van der Waals surface area contributed by atoms with Crippen LogP contribution in [0.3, 0.4) is 0 Å². The van der Waals surface area contributed by atoms with Crippen molar-refractivity contribution < 1.29 is 17.7 Å². The minimum absolute atomic E-state index is 0.00309. The number of ether oxygens (including phenoxy) is 1. The molecule has 0 radical (unpaired) electrons. The monoisotopic (exact) mass is 264 g/mol. The highest BCUT2D eigenvalue weighted by Crippen LogP contribution is 2.54. The van der Waals surface area contributed by atoms with Crippen molar-refractivity contribution in [3.63, 3.8) is 0 Å². The van der Waals surface area contributed by atoms with Gasteiger partial charge in [-0.25, -0.2) is 0 Å². The molecule has 17 heavy (non-hydrogen) atoms. The van der Waals surface area contributed by atoms with Crippen molar-refractivity contribution >= 4 is 15.2 Å². The molecule has 0 aromatic heterocycles. The van der Waals surface area contributed by atoms with Gasteiger partial charge < -0.3 is 4.74 Å². The van der Waals surface area contributed by atoms with Gasteiger partial charge in [-0.05, 0) is 18.8 Å². The first-order valence-electron chi connectivity index (χ1n) is 6.05. The van der Waals surface area contributed by atoms with Crippen LogP contribution in [0.5, 0.6) is 0 Å². The quantitative estimate of drug-likeness (QED) is 0.429. The lowest BCUT2D eigenvalue weighted by atomic mass is 9.62. The van der Waals surface area contributed by atoms with Gasteiger partial charge in [0.05, 0.1) is 6.61 Å². The molecule has 1 saturated carbocycles. The minimum Gasteiger partial charge on any atom is -0.467 e. The van der Waals surface area contributed by atoms with Crippen LogP contribution in [0.4, 0.5) is 8.22 Å². The van der Waals surface area contributed by atoms with Crippen LogP contribution >= 0.6 is 0 Å². The third kappa shape index (κ3) is 3.06. The van der Waals surface area contributed by atoms with E-state index in [0.717, 1.165) is 12.8 Å². The smallest absolute Gasteiger partial charge is 0.430 e. The fraction of sp³-hybridized carbons (Fsp3) is 0.917. The second-order valence-electron chi connectivity index (χ2n) is 6.46. The second kappa shape index (κ2) is 4.67. The summed E-state index contributed by atoms with van der Waals surface area (Å²) in [6.45, 7) is 7.49. The number of rotatable bonds is 5. The largest absolute Gasteiger partial charge is 0.467 e. The zero-order valence-corrected chi connectivity index (χ0v) is 12.1. The minimum atomic E-state index is -4.21. The first-order chi connectivity index (χ1) is 7.62. The zero-order valence-electron chi connectivity index (χ0n) is 11.1. The number of hydrogen-bond acceptors (Lipinski definition) is 2. The number of carbonyl (C=O) groups is 1. The van der Waals surface area contributed by atoms with E-state index in [2.05, 4.69) is 0 Å². The van der Waals surface area contributed by atoms with E-state index >= 15 is 0 Å². The molecule has 100 valence electrons. The predicted molar refractivity (Wildman–Crippen MR) is 65.3 cm³/mol. The lowest BCUT2D eigenvalue weighted by molar-refractivity contribution is -0.136. The van der Waals surface area contributed by atoms with Crippen LogP contribution in [0.2, 0.25) is 11.1 Å². The summed E-state index contributed by atoms with van der Waals surface area (Å²) in [5.74, 6) is 0.00309. The van der Waals surface area contributed by atoms with E-state index in [1.165, 1.54) is 0 Å². The SMILES string of the molecule is CC(C)(C)[Si](F)(F)C[C@@H]1CC[C@@]1(C)COC=O. The van der Waals surface area contributed by atoms with Crippen LogP contribution in [0.25, 0.3) is 0 Å². The van der Waals surface area contributed by atoms with Gasteiger partial charge >= 0.3 is 8.74 Å². The zero-order chi connectivity index (χ0) is 13.3. The van der Waals surface area contributed by atoms with Crippen LogP contribution in [-0.2, 0) is 9.53 Å². The summed E-state index contributed by atoms with van der Waals surface area (Å²) in [7, 11) is -4.21. The molecule has 2 atom stereocenters. The Labute approximate surface area is 103 Å². The third-order valence-electron chi connectivity index (χ3n) is 4.13. The van der Waals surface area contributed by atoms with Gasteiger partial charge in [-0.2, -0.15) is 0 Å². The van der Waals surface area contributed by atoms with Gasteiger partial charge in [-0.1, -0.05) is 27.7 Å². The Kier molecular flexibility index (Phi) is 4.01. The fourth-order valence-electron chi connectivity index (χ4n) is 2.22. The molecule has 5 heteroatoms. The summed E-state index contributed by atoms with van der Waals surface area (Å²) < 4.78 is 33.0. The number of carbonyl (C=O) groups excluding carboxylic acids is 1. The van der Waals surface area contributed by atoms with Crippen molar-refractivity contribution in [2.45, 2.75) is 51.6 Å². The van der Waals surface area contributed by atoms with Crippen molar-refractivity contribution in [2.24, 2.45) is 11.3 Å². The molecular formula is C12H22F2O2Si. The Balaban J connectivity index is 2.61. The Hall–Kier alpha value is -0.453. The molecule has 0 unspecified atom stereocenters. The molecule has 0 bridgehead atoms. The predicted octanol–water partition coefficient (Wildman–Crippen LogP) is 3.76. The Morgan fingerprint density at radius 3 is 2.41 bits per heavy atom. The van der Waals surface area contributed by atoms with Crippen LogP contribution in [-0.4, -0.2) is 21.8 Å². The number of halogens is 2. The van der Waals surface area contributed by atoms with Gasteiger partial charge in [0, 0.05) is 16.5 Å². The van der Waals surface area contributed by atoms with E-state index in [1.807, 2.05) is 6.92 Å². The van der Waals surface area contributed by atoms with Gasteiger partial charge in [0.1, 0.15) is 0 Å². The molecule has 0 amide bonds. The van der Waals surface area contributed by atoms with Crippen LogP contribution in [0.15, 0.2) is 0 Å². The summed E-state index contributed by atoms with van der Waals surface area (Å²) in [4.78, 5) is 10.2. The molecule has 0 aromatic rings. The van der Waals surface area contributed by atoms with E-state index in [1.54, 1.807) is 20.8 Å². The van der Waals surface area contributed by atoms with E-state index in [-0.39, 0.29) is 24.0 Å². The highest BCUT2D eigenvalue weighted by Gasteiger charge is 2.55. The van der Waals surface area contributed by atoms with Gasteiger partial charge in [0.15, 0.2) is 0 Å². The Bertz CT molecular complexity index is 289. The van der Waals surface area contributed by atoms with Gasteiger partial charge in [-0.3, -0.25) is 13.0 Å². The van der Waals surface area contributed by atoms with Crippen molar-refractivity contribution in [3.05, 3.63) is 0 Å². The Morgan fingerprint density at radius 1 is 1.47 bits per heavy atom. The number of hydrogen-bond donors (Lipinski definition) is 0. The maximum Gasteiger partial charge on any atom is 0.430 e. The molecule has 1 aliphatic carbocycles. The Morgan fingerprint density at radius 2 is 2.06 bits per heavy atom. The second-order valence-corrected chi connectivity index (χ2v) is 9.77. The fourth-order valence-corrected chi connectivity index (χ4v) is 4.15. The van der Waals surface area contributed by atoms with E-state index in [0.29, 0.717) is 6.47 Å². The molecule has 0 aliphatic heterocycles. The summed E-state index contributed by atoms with van der Waals surface area (Å²) in [6.07, 6.45) is 1.71. The van der Waals surface area contributed by atoms with Gasteiger partial charge in [-0.15, -0.1) is 0 Å².